The molecule has 0 unspecified atom stereocenters. The topological polar surface area (TPSA) is 92.8 Å². The molecule has 0 bridgehead atoms. The van der Waals surface area contributed by atoms with E-state index in [0.717, 1.165) is 0 Å². The second kappa shape index (κ2) is 6.63. The van der Waals surface area contributed by atoms with Gasteiger partial charge in [0.2, 0.25) is 0 Å². The Labute approximate surface area is 90.2 Å². The van der Waals surface area contributed by atoms with Crippen molar-refractivity contribution in [1.82, 2.24) is 0 Å². The summed E-state index contributed by atoms with van der Waals surface area (Å²) in [6, 6.07) is 0. The van der Waals surface area contributed by atoms with Gasteiger partial charge in [-0.25, -0.2) is 4.79 Å². The number of carbonyl (C=O) groups is 1. The average molecular weight is 219 g/mol. The number of carbonyl (C=O) groups excluding carboxylic acids is 1. The first-order valence-corrected chi connectivity index (χ1v) is 5.11. The van der Waals surface area contributed by atoms with Crippen molar-refractivity contribution in [2.75, 3.05) is 13.2 Å². The van der Waals surface area contributed by atoms with Crippen molar-refractivity contribution in [2.24, 2.45) is 11.7 Å². The van der Waals surface area contributed by atoms with Gasteiger partial charge in [0.15, 0.2) is 0 Å². The third kappa shape index (κ3) is 7.16. The van der Waals surface area contributed by atoms with E-state index < -0.39 is 11.7 Å². The normalized spacial score (nSPS) is 13.6. The summed E-state index contributed by atoms with van der Waals surface area (Å²) in [6.45, 7) is 3.62. The predicted molar refractivity (Wildman–Crippen MR) is 56.3 cm³/mol. The zero-order valence-electron chi connectivity index (χ0n) is 9.40. The molecular weight excluding hydrogens is 198 g/mol. The van der Waals surface area contributed by atoms with Crippen molar-refractivity contribution >= 4 is 6.09 Å². The lowest BCUT2D eigenvalue weighted by Crippen LogP contribution is -2.34. The van der Waals surface area contributed by atoms with Gasteiger partial charge in [0.1, 0.15) is 5.60 Å². The largest absolute Gasteiger partial charge is 0.444 e. The van der Waals surface area contributed by atoms with Crippen LogP contribution in [0.2, 0.25) is 0 Å². The Balaban J connectivity index is 4.07. The summed E-state index contributed by atoms with van der Waals surface area (Å²) in [5, 5.41) is 17.8. The van der Waals surface area contributed by atoms with Crippen LogP contribution in [0.15, 0.2) is 0 Å². The number of aliphatic hydroxyl groups excluding tert-OH is 2. The summed E-state index contributed by atoms with van der Waals surface area (Å²) < 4.78 is 4.92. The van der Waals surface area contributed by atoms with E-state index in [2.05, 4.69) is 0 Å². The smallest absolute Gasteiger partial charge is 0.405 e. The van der Waals surface area contributed by atoms with E-state index in [-0.39, 0.29) is 19.1 Å². The molecule has 0 spiro atoms. The van der Waals surface area contributed by atoms with Crippen molar-refractivity contribution in [3.05, 3.63) is 0 Å². The van der Waals surface area contributed by atoms with Gasteiger partial charge in [-0.05, 0) is 39.0 Å². The van der Waals surface area contributed by atoms with Crippen molar-refractivity contribution in [3.8, 4) is 0 Å². The number of ether oxygens (including phenoxy) is 1. The fourth-order valence-electron chi connectivity index (χ4n) is 1.65. The highest BCUT2D eigenvalue weighted by Gasteiger charge is 2.25. The van der Waals surface area contributed by atoms with E-state index in [1.807, 2.05) is 0 Å². The van der Waals surface area contributed by atoms with Gasteiger partial charge >= 0.3 is 6.09 Å². The van der Waals surface area contributed by atoms with Gasteiger partial charge in [0.05, 0.1) is 0 Å². The maximum Gasteiger partial charge on any atom is 0.405 e. The quantitative estimate of drug-likeness (QED) is 0.585. The monoisotopic (exact) mass is 219 g/mol. The highest BCUT2D eigenvalue weighted by molar-refractivity contribution is 5.65. The van der Waals surface area contributed by atoms with Crippen LogP contribution in [-0.4, -0.2) is 35.1 Å². The van der Waals surface area contributed by atoms with Crippen LogP contribution in [0, 0.1) is 5.92 Å². The summed E-state index contributed by atoms with van der Waals surface area (Å²) in [6.07, 6.45) is 1.07. The maximum atomic E-state index is 10.6. The molecule has 1 amide bonds. The number of hydrogen-bond acceptors (Lipinski definition) is 4. The van der Waals surface area contributed by atoms with E-state index in [1.165, 1.54) is 0 Å². The van der Waals surface area contributed by atoms with Crippen molar-refractivity contribution < 1.29 is 19.7 Å². The van der Waals surface area contributed by atoms with Gasteiger partial charge in [0, 0.05) is 13.2 Å². The van der Waals surface area contributed by atoms with Crippen molar-refractivity contribution in [2.45, 2.75) is 38.7 Å². The lowest BCUT2D eigenvalue weighted by atomic mass is 9.90. The number of hydrogen-bond donors (Lipinski definition) is 3. The standard InChI is InChI=1S/C10H21NO4/c1-10(2,15-9(11)14)6-8(7-13)4-3-5-12/h8,12-13H,3-7H2,1-2H3,(H2,11,14)/t8-/m0/s1. The molecule has 0 rings (SSSR count). The minimum absolute atomic E-state index is 0.0194. The molecule has 0 aliphatic carbocycles. The van der Waals surface area contributed by atoms with Crippen LogP contribution in [0.25, 0.3) is 0 Å². The summed E-state index contributed by atoms with van der Waals surface area (Å²) in [4.78, 5) is 10.6. The van der Waals surface area contributed by atoms with Crippen LogP contribution in [0.4, 0.5) is 4.79 Å². The third-order valence-electron chi connectivity index (χ3n) is 2.19. The summed E-state index contributed by atoms with van der Waals surface area (Å²) in [7, 11) is 0. The van der Waals surface area contributed by atoms with E-state index in [1.54, 1.807) is 13.8 Å². The van der Waals surface area contributed by atoms with Crippen LogP contribution in [0.1, 0.15) is 33.1 Å². The molecule has 0 aliphatic heterocycles. The minimum Gasteiger partial charge on any atom is -0.444 e. The highest BCUT2D eigenvalue weighted by Crippen LogP contribution is 2.23. The lowest BCUT2D eigenvalue weighted by molar-refractivity contribution is 0.0161. The Bertz CT molecular complexity index is 194. The van der Waals surface area contributed by atoms with Crippen molar-refractivity contribution in [1.29, 1.82) is 0 Å². The molecule has 15 heavy (non-hydrogen) atoms. The van der Waals surface area contributed by atoms with Crippen molar-refractivity contribution in [3.63, 3.8) is 0 Å². The number of rotatable bonds is 7. The van der Waals surface area contributed by atoms with Gasteiger partial charge in [-0.2, -0.15) is 0 Å². The maximum absolute atomic E-state index is 10.6. The zero-order chi connectivity index (χ0) is 11.9. The van der Waals surface area contributed by atoms with Crippen LogP contribution in [0.3, 0.4) is 0 Å². The fourth-order valence-corrected chi connectivity index (χ4v) is 1.65. The second-order valence-corrected chi connectivity index (χ2v) is 4.30. The molecule has 1 atom stereocenters. The molecular formula is C10H21NO4. The Morgan fingerprint density at radius 3 is 2.47 bits per heavy atom. The van der Waals surface area contributed by atoms with Crippen LogP contribution < -0.4 is 5.73 Å². The molecule has 0 aromatic carbocycles. The van der Waals surface area contributed by atoms with E-state index in [9.17, 15) is 4.79 Å². The molecule has 0 aromatic heterocycles. The molecule has 0 radical (unpaired) electrons. The number of aliphatic hydroxyl groups is 2. The first-order chi connectivity index (χ1) is 6.91. The first-order valence-electron chi connectivity index (χ1n) is 5.11. The van der Waals surface area contributed by atoms with Crippen LogP contribution in [0.5, 0.6) is 0 Å². The van der Waals surface area contributed by atoms with Gasteiger partial charge < -0.3 is 20.7 Å². The van der Waals surface area contributed by atoms with E-state index >= 15 is 0 Å². The van der Waals surface area contributed by atoms with E-state index in [0.29, 0.717) is 19.3 Å². The van der Waals surface area contributed by atoms with Gasteiger partial charge in [0.25, 0.3) is 0 Å². The third-order valence-corrected chi connectivity index (χ3v) is 2.19. The molecule has 0 heterocycles. The second-order valence-electron chi connectivity index (χ2n) is 4.30. The lowest BCUT2D eigenvalue weighted by Gasteiger charge is -2.28. The van der Waals surface area contributed by atoms with Gasteiger partial charge in [-0.3, -0.25) is 0 Å². The molecule has 0 aromatic rings. The van der Waals surface area contributed by atoms with E-state index in [4.69, 9.17) is 20.7 Å². The Morgan fingerprint density at radius 2 is 2.07 bits per heavy atom. The molecule has 90 valence electrons. The minimum atomic E-state index is -0.807. The number of nitrogens with two attached hydrogens (primary N) is 1. The average Bonchev–Trinajstić information content (AvgIpc) is 2.09. The molecule has 0 saturated heterocycles. The summed E-state index contributed by atoms with van der Waals surface area (Å²) in [5.41, 5.74) is 4.26. The van der Waals surface area contributed by atoms with Gasteiger partial charge in [-0.15, -0.1) is 0 Å². The summed E-state index contributed by atoms with van der Waals surface area (Å²) >= 11 is 0. The first kappa shape index (κ1) is 14.2. The number of amides is 1. The predicted octanol–water partition coefficient (Wildman–Crippen LogP) is 0.631. The molecule has 0 fully saturated rings. The van der Waals surface area contributed by atoms with Crippen LogP contribution >= 0.6 is 0 Å². The number of primary amides is 1. The van der Waals surface area contributed by atoms with Gasteiger partial charge in [-0.1, -0.05) is 0 Å². The molecule has 5 nitrogen and oxygen atoms in total. The Hall–Kier alpha value is -0.810. The Kier molecular flexibility index (Phi) is 6.27. The molecule has 5 heteroatoms. The summed E-state index contributed by atoms with van der Waals surface area (Å²) in [5.74, 6) is 0.0199. The van der Waals surface area contributed by atoms with Crippen LogP contribution in [-0.2, 0) is 4.74 Å². The zero-order valence-corrected chi connectivity index (χ0v) is 9.40. The molecule has 0 saturated carbocycles. The molecule has 4 N–H and O–H groups in total. The highest BCUT2D eigenvalue weighted by atomic mass is 16.6. The Morgan fingerprint density at radius 1 is 1.47 bits per heavy atom. The SMILES string of the molecule is CC(C)(C[C@@H](CO)CCCO)OC(N)=O. The molecule has 0 aliphatic rings. The fraction of sp³-hybridized carbons (Fsp3) is 0.900.